The minimum Gasteiger partial charge on any atom is -0.380 e. The Balaban J connectivity index is 1.90. The molecule has 16 heavy (non-hydrogen) atoms. The van der Waals surface area contributed by atoms with Crippen LogP contribution in [0.1, 0.15) is 0 Å². The molecule has 88 valence electrons. The molecule has 1 aliphatic rings. The first-order valence-corrected chi connectivity index (χ1v) is 5.65. The lowest BCUT2D eigenvalue weighted by Crippen LogP contribution is -2.42. The molecule has 0 spiro atoms. The van der Waals surface area contributed by atoms with Crippen molar-refractivity contribution in [1.29, 1.82) is 0 Å². The minimum atomic E-state index is -0.298. The minimum absolute atomic E-state index is 0.0760. The van der Waals surface area contributed by atoms with Crippen molar-refractivity contribution in [3.63, 3.8) is 0 Å². The summed E-state index contributed by atoms with van der Waals surface area (Å²) in [6.07, 6.45) is 0.0760. The molecule has 0 amide bonds. The van der Waals surface area contributed by atoms with E-state index in [1.54, 1.807) is 6.07 Å². The van der Waals surface area contributed by atoms with Crippen LogP contribution in [-0.2, 0) is 4.74 Å². The Morgan fingerprint density at radius 3 is 3.19 bits per heavy atom. The van der Waals surface area contributed by atoms with Crippen LogP contribution in [0.3, 0.4) is 0 Å². The average molecular weight is 245 g/mol. The molecule has 2 N–H and O–H groups in total. The molecule has 1 aromatic carbocycles. The second-order valence-electron chi connectivity index (χ2n) is 3.70. The van der Waals surface area contributed by atoms with Gasteiger partial charge in [-0.05, 0) is 18.2 Å². The number of morpholine rings is 1. The summed E-state index contributed by atoms with van der Waals surface area (Å²) in [5.41, 5.74) is 0.418. The molecule has 1 fully saturated rings. The van der Waals surface area contributed by atoms with E-state index < -0.39 is 0 Å². The number of hydrogen-bond donors (Lipinski definition) is 2. The van der Waals surface area contributed by atoms with Gasteiger partial charge in [-0.15, -0.1) is 0 Å². The highest BCUT2D eigenvalue weighted by Crippen LogP contribution is 2.19. The Hall–Kier alpha value is -0.840. The van der Waals surface area contributed by atoms with Crippen LogP contribution in [0, 0.1) is 5.82 Å². The molecule has 0 aromatic heterocycles. The molecule has 3 nitrogen and oxygen atoms in total. The van der Waals surface area contributed by atoms with Crippen LogP contribution in [0.5, 0.6) is 0 Å². The van der Waals surface area contributed by atoms with E-state index in [1.165, 1.54) is 12.1 Å². The quantitative estimate of drug-likeness (QED) is 0.852. The Morgan fingerprint density at radius 2 is 2.44 bits per heavy atom. The maximum atomic E-state index is 13.3. The largest absolute Gasteiger partial charge is 0.380 e. The SMILES string of the molecule is Fc1ccc(Cl)cc1NCC1CNCCO1. The molecule has 1 aromatic rings. The summed E-state index contributed by atoms with van der Waals surface area (Å²) in [6.45, 7) is 2.94. The predicted molar refractivity (Wildman–Crippen MR) is 62.5 cm³/mol. The van der Waals surface area contributed by atoms with Crippen molar-refractivity contribution in [3.8, 4) is 0 Å². The molecule has 1 heterocycles. The van der Waals surface area contributed by atoms with Gasteiger partial charge in [0.25, 0.3) is 0 Å². The van der Waals surface area contributed by atoms with E-state index in [9.17, 15) is 4.39 Å². The zero-order valence-electron chi connectivity index (χ0n) is 8.80. The van der Waals surface area contributed by atoms with E-state index in [0.29, 0.717) is 23.9 Å². The number of anilines is 1. The third-order valence-electron chi connectivity index (χ3n) is 2.45. The molecule has 1 atom stereocenters. The van der Waals surface area contributed by atoms with Crippen molar-refractivity contribution in [2.75, 3.05) is 31.6 Å². The van der Waals surface area contributed by atoms with Crippen LogP contribution in [0.4, 0.5) is 10.1 Å². The molecule has 5 heteroatoms. The van der Waals surface area contributed by atoms with Gasteiger partial charge in [0, 0.05) is 24.7 Å². The summed E-state index contributed by atoms with van der Waals surface area (Å²) in [6, 6.07) is 4.46. The number of ether oxygens (including phenoxy) is 1. The number of rotatable bonds is 3. The lowest BCUT2D eigenvalue weighted by atomic mass is 10.2. The van der Waals surface area contributed by atoms with Gasteiger partial charge in [0.05, 0.1) is 18.4 Å². The highest BCUT2D eigenvalue weighted by Gasteiger charge is 2.13. The fraction of sp³-hybridized carbons (Fsp3) is 0.455. The monoisotopic (exact) mass is 244 g/mol. The van der Waals surface area contributed by atoms with Crippen LogP contribution >= 0.6 is 11.6 Å². The lowest BCUT2D eigenvalue weighted by molar-refractivity contribution is 0.0372. The topological polar surface area (TPSA) is 33.3 Å². The van der Waals surface area contributed by atoms with Gasteiger partial charge in [-0.2, -0.15) is 0 Å². The van der Waals surface area contributed by atoms with Crippen molar-refractivity contribution in [3.05, 3.63) is 29.0 Å². The summed E-state index contributed by atoms with van der Waals surface area (Å²) in [5.74, 6) is -0.298. The van der Waals surface area contributed by atoms with Crippen LogP contribution in [0.2, 0.25) is 5.02 Å². The predicted octanol–water partition coefficient (Wildman–Crippen LogP) is 1.88. The fourth-order valence-electron chi connectivity index (χ4n) is 1.61. The second-order valence-corrected chi connectivity index (χ2v) is 4.14. The fourth-order valence-corrected chi connectivity index (χ4v) is 1.78. The molecule has 0 aliphatic carbocycles. The lowest BCUT2D eigenvalue weighted by Gasteiger charge is -2.24. The number of halogens is 2. The molecule has 1 saturated heterocycles. The van der Waals surface area contributed by atoms with E-state index >= 15 is 0 Å². The Morgan fingerprint density at radius 1 is 1.56 bits per heavy atom. The molecule has 1 aliphatic heterocycles. The molecular formula is C11H14ClFN2O. The van der Waals surface area contributed by atoms with Crippen LogP contribution in [0.25, 0.3) is 0 Å². The second kappa shape index (κ2) is 5.48. The normalized spacial score (nSPS) is 20.8. The first-order valence-electron chi connectivity index (χ1n) is 5.27. The van der Waals surface area contributed by atoms with Gasteiger partial charge in [0.15, 0.2) is 0 Å². The summed E-state index contributed by atoms with van der Waals surface area (Å²) < 4.78 is 18.8. The molecule has 0 radical (unpaired) electrons. The van der Waals surface area contributed by atoms with Gasteiger partial charge in [-0.1, -0.05) is 11.6 Å². The Bertz CT molecular complexity index is 356. The first-order chi connectivity index (χ1) is 7.75. The smallest absolute Gasteiger partial charge is 0.146 e. The van der Waals surface area contributed by atoms with Gasteiger partial charge >= 0.3 is 0 Å². The van der Waals surface area contributed by atoms with Crippen LogP contribution in [0.15, 0.2) is 18.2 Å². The maximum Gasteiger partial charge on any atom is 0.146 e. The van der Waals surface area contributed by atoms with Gasteiger partial charge in [-0.25, -0.2) is 4.39 Å². The third-order valence-corrected chi connectivity index (χ3v) is 2.69. The van der Waals surface area contributed by atoms with Crippen LogP contribution in [-0.4, -0.2) is 32.3 Å². The van der Waals surface area contributed by atoms with Gasteiger partial charge in [-0.3, -0.25) is 0 Å². The first kappa shape index (κ1) is 11.6. The van der Waals surface area contributed by atoms with E-state index in [2.05, 4.69) is 10.6 Å². The average Bonchev–Trinajstić information content (AvgIpc) is 2.32. The molecule has 2 rings (SSSR count). The molecule has 1 unspecified atom stereocenters. The van der Waals surface area contributed by atoms with E-state index in [1.807, 2.05) is 0 Å². The highest BCUT2D eigenvalue weighted by molar-refractivity contribution is 6.30. The Labute approximate surface area is 98.9 Å². The summed E-state index contributed by atoms with van der Waals surface area (Å²) >= 11 is 5.79. The van der Waals surface area contributed by atoms with Crippen molar-refractivity contribution >= 4 is 17.3 Å². The maximum absolute atomic E-state index is 13.3. The van der Waals surface area contributed by atoms with Gasteiger partial charge < -0.3 is 15.4 Å². The number of nitrogens with one attached hydrogen (secondary N) is 2. The summed E-state index contributed by atoms with van der Waals surface area (Å²) in [5, 5.41) is 6.73. The van der Waals surface area contributed by atoms with Crippen molar-refractivity contribution < 1.29 is 9.13 Å². The zero-order valence-corrected chi connectivity index (χ0v) is 9.56. The Kier molecular flexibility index (Phi) is 3.98. The summed E-state index contributed by atoms with van der Waals surface area (Å²) in [7, 11) is 0. The zero-order chi connectivity index (χ0) is 11.4. The third kappa shape index (κ3) is 3.07. The van der Waals surface area contributed by atoms with E-state index in [0.717, 1.165) is 13.1 Å². The summed E-state index contributed by atoms with van der Waals surface area (Å²) in [4.78, 5) is 0. The molecule has 0 saturated carbocycles. The molecular weight excluding hydrogens is 231 g/mol. The molecule has 0 bridgehead atoms. The van der Waals surface area contributed by atoms with E-state index in [-0.39, 0.29) is 11.9 Å². The standard InChI is InChI=1S/C11H14ClFN2O/c12-8-1-2-10(13)11(5-8)15-7-9-6-14-3-4-16-9/h1-2,5,9,14-15H,3-4,6-7H2. The van der Waals surface area contributed by atoms with Crippen molar-refractivity contribution in [2.24, 2.45) is 0 Å². The van der Waals surface area contributed by atoms with Crippen molar-refractivity contribution in [1.82, 2.24) is 5.32 Å². The number of hydrogen-bond acceptors (Lipinski definition) is 3. The van der Waals surface area contributed by atoms with Crippen LogP contribution < -0.4 is 10.6 Å². The van der Waals surface area contributed by atoms with E-state index in [4.69, 9.17) is 16.3 Å². The highest BCUT2D eigenvalue weighted by atomic mass is 35.5. The van der Waals surface area contributed by atoms with Crippen molar-refractivity contribution in [2.45, 2.75) is 6.10 Å². The number of benzene rings is 1. The van der Waals surface area contributed by atoms with Gasteiger partial charge in [0.1, 0.15) is 5.82 Å². The van der Waals surface area contributed by atoms with Gasteiger partial charge in [0.2, 0.25) is 0 Å².